The highest BCUT2D eigenvalue weighted by Gasteiger charge is 2.46. The van der Waals surface area contributed by atoms with E-state index >= 15 is 0 Å². The Hall–Kier alpha value is -3.55. The second-order valence-electron chi connectivity index (χ2n) is 10.1. The molecule has 10 atom stereocenters. The highest BCUT2D eigenvalue weighted by molar-refractivity contribution is 5.86. The first-order valence-electron chi connectivity index (χ1n) is 13.0. The summed E-state index contributed by atoms with van der Waals surface area (Å²) in [5.41, 5.74) is -0.731. The van der Waals surface area contributed by atoms with Crippen molar-refractivity contribution in [1.29, 1.82) is 0 Å². The van der Waals surface area contributed by atoms with E-state index in [-0.39, 0.29) is 33.8 Å². The van der Waals surface area contributed by atoms with E-state index in [1.54, 1.807) is 0 Å². The predicted molar refractivity (Wildman–Crippen MR) is 140 cm³/mol. The van der Waals surface area contributed by atoms with Crippen LogP contribution < -0.4 is 14.9 Å². The molecule has 2 saturated heterocycles. The average molecular weight is 611 g/mol. The third kappa shape index (κ3) is 5.85. The molecule has 2 fully saturated rings. The van der Waals surface area contributed by atoms with Crippen molar-refractivity contribution < 1.29 is 74.4 Å². The highest BCUT2D eigenvalue weighted by Crippen LogP contribution is 2.37. The van der Waals surface area contributed by atoms with Crippen molar-refractivity contribution in [3.8, 4) is 34.3 Å². The summed E-state index contributed by atoms with van der Waals surface area (Å²) in [6.07, 6.45) is -16.6. The van der Waals surface area contributed by atoms with Crippen LogP contribution in [0.4, 0.5) is 0 Å². The molecule has 3 aromatic rings. The van der Waals surface area contributed by atoms with Crippen LogP contribution in [0.3, 0.4) is 0 Å². The van der Waals surface area contributed by atoms with Gasteiger partial charge in [-0.05, 0) is 18.2 Å². The van der Waals surface area contributed by atoms with Crippen LogP contribution in [0.5, 0.6) is 23.0 Å². The van der Waals surface area contributed by atoms with E-state index in [9.17, 15) is 55.9 Å². The molecule has 0 radical (unpaired) electrons. The highest BCUT2D eigenvalue weighted by atomic mass is 16.7. The second-order valence-corrected chi connectivity index (χ2v) is 10.1. The Morgan fingerprint density at radius 2 is 1.26 bits per heavy atom. The summed E-state index contributed by atoms with van der Waals surface area (Å²) in [5.74, 6) is -1.55. The first-order valence-corrected chi connectivity index (χ1v) is 13.0. The van der Waals surface area contributed by atoms with Gasteiger partial charge in [0.05, 0.1) is 13.2 Å². The lowest BCUT2D eigenvalue weighted by Crippen LogP contribution is -2.60. The Labute approximate surface area is 241 Å². The molecule has 234 valence electrons. The van der Waals surface area contributed by atoms with Gasteiger partial charge >= 0.3 is 0 Å². The summed E-state index contributed by atoms with van der Waals surface area (Å²) < 4.78 is 28.1. The summed E-state index contributed by atoms with van der Waals surface area (Å²) >= 11 is 0. The third-order valence-corrected chi connectivity index (χ3v) is 7.22. The Bertz CT molecular complexity index is 1500. The number of aromatic hydroxyl groups is 2. The maximum atomic E-state index is 13.3. The maximum absolute atomic E-state index is 13.3. The van der Waals surface area contributed by atoms with E-state index in [0.29, 0.717) is 0 Å². The molecule has 43 heavy (non-hydrogen) atoms. The molecular weight excluding hydrogens is 580 g/mol. The van der Waals surface area contributed by atoms with E-state index in [1.807, 2.05) is 0 Å². The van der Waals surface area contributed by atoms with E-state index < -0.39 is 91.6 Å². The quantitative estimate of drug-likeness (QED) is 0.121. The number of aliphatic hydroxyl groups is 8. The smallest absolute Gasteiger partial charge is 0.229 e. The van der Waals surface area contributed by atoms with Gasteiger partial charge in [0.2, 0.25) is 12.6 Å². The van der Waals surface area contributed by atoms with Gasteiger partial charge in [-0.1, -0.05) is 0 Å². The molecule has 2 aliphatic rings. The standard InChI is InChI=1S/C27H30O16/c28-7-17-20(33)22(35)24(37)26(42-17)39-10-4-15-19(13(32)6-14(40-15)9-1-2-11(30)12(31)3-9)16(5-10)41-27-25(38)23(36)21(34)18(8-29)43-27/h1-6,17-18,20-31,33-38H,7-8H2. The first-order chi connectivity index (χ1) is 20.4. The van der Waals surface area contributed by atoms with Crippen LogP contribution in [0.1, 0.15) is 0 Å². The van der Waals surface area contributed by atoms with Gasteiger partial charge in [0.25, 0.3) is 0 Å². The number of aliphatic hydroxyl groups excluding tert-OH is 8. The number of hydrogen-bond donors (Lipinski definition) is 10. The van der Waals surface area contributed by atoms with Gasteiger partial charge in [-0.2, -0.15) is 0 Å². The monoisotopic (exact) mass is 610 g/mol. The number of fused-ring (bicyclic) bond motifs is 1. The first kappa shape index (κ1) is 30.9. The van der Waals surface area contributed by atoms with E-state index in [4.69, 9.17) is 23.4 Å². The lowest BCUT2D eigenvalue weighted by molar-refractivity contribution is -0.278. The summed E-state index contributed by atoms with van der Waals surface area (Å²) in [6, 6.07) is 7.00. The Morgan fingerprint density at radius 1 is 0.674 bits per heavy atom. The molecule has 0 amide bonds. The predicted octanol–water partition coefficient (Wildman–Crippen LogP) is -2.77. The van der Waals surface area contributed by atoms with Gasteiger partial charge in [0, 0.05) is 23.8 Å². The molecule has 1 aromatic heterocycles. The van der Waals surface area contributed by atoms with Crippen LogP contribution in [0.25, 0.3) is 22.3 Å². The minimum atomic E-state index is -1.85. The number of phenols is 2. The molecule has 0 spiro atoms. The number of benzene rings is 2. The zero-order valence-corrected chi connectivity index (χ0v) is 22.1. The summed E-state index contributed by atoms with van der Waals surface area (Å²) in [6.45, 7) is -1.48. The number of rotatable bonds is 7. The number of ether oxygens (including phenoxy) is 4. The van der Waals surface area contributed by atoms with Gasteiger partial charge in [-0.25, -0.2) is 0 Å². The molecule has 10 unspecified atom stereocenters. The van der Waals surface area contributed by atoms with E-state index in [2.05, 4.69) is 0 Å². The van der Waals surface area contributed by atoms with Crippen LogP contribution in [0.15, 0.2) is 45.6 Å². The zero-order valence-electron chi connectivity index (χ0n) is 22.1. The molecule has 0 bridgehead atoms. The molecule has 16 heteroatoms. The third-order valence-electron chi connectivity index (χ3n) is 7.22. The fraction of sp³-hybridized carbons (Fsp3) is 0.444. The Morgan fingerprint density at radius 3 is 1.81 bits per heavy atom. The zero-order chi connectivity index (χ0) is 31.2. The SMILES string of the molecule is O=c1cc(-c2ccc(O)c(O)c2)oc2cc(OC3OC(CO)C(O)C(O)C3O)cc(OC3OC(CO)C(O)C(O)C3O)c12. The van der Waals surface area contributed by atoms with Crippen LogP contribution in [0.2, 0.25) is 0 Å². The van der Waals surface area contributed by atoms with Crippen molar-refractivity contribution in [3.05, 3.63) is 46.6 Å². The van der Waals surface area contributed by atoms with Crippen LogP contribution >= 0.6 is 0 Å². The minimum absolute atomic E-state index is 0.0726. The minimum Gasteiger partial charge on any atom is -0.504 e. The van der Waals surface area contributed by atoms with Crippen LogP contribution in [-0.2, 0) is 9.47 Å². The number of hydrogen-bond acceptors (Lipinski definition) is 16. The molecule has 0 aliphatic carbocycles. The Kier molecular flexibility index (Phi) is 8.77. The normalized spacial score (nSPS) is 32.9. The molecule has 3 heterocycles. The lowest BCUT2D eigenvalue weighted by Gasteiger charge is -2.40. The number of phenolic OH excluding ortho intramolecular Hbond substituents is 2. The van der Waals surface area contributed by atoms with Gasteiger partial charge in [-0.3, -0.25) is 4.79 Å². The van der Waals surface area contributed by atoms with Gasteiger partial charge in [0.1, 0.15) is 77.1 Å². The molecule has 0 saturated carbocycles. The Balaban J connectivity index is 1.59. The summed E-state index contributed by atoms with van der Waals surface area (Å²) in [4.78, 5) is 13.3. The van der Waals surface area contributed by atoms with Crippen molar-refractivity contribution in [3.63, 3.8) is 0 Å². The van der Waals surface area contributed by atoms with Crippen LogP contribution in [0, 0.1) is 0 Å². The molecule has 5 rings (SSSR count). The maximum Gasteiger partial charge on any atom is 0.229 e. The van der Waals surface area contributed by atoms with Crippen molar-refractivity contribution in [2.24, 2.45) is 0 Å². The van der Waals surface area contributed by atoms with Crippen LogP contribution in [-0.4, -0.2) is 126 Å². The van der Waals surface area contributed by atoms with E-state index in [0.717, 1.165) is 18.2 Å². The van der Waals surface area contributed by atoms with Gasteiger partial charge in [0.15, 0.2) is 16.9 Å². The second kappa shape index (κ2) is 12.2. The summed E-state index contributed by atoms with van der Waals surface area (Å²) in [5, 5.41) is 99.8. The largest absolute Gasteiger partial charge is 0.504 e. The fourth-order valence-electron chi connectivity index (χ4n) is 4.80. The molecule has 2 aliphatic heterocycles. The molecule has 16 nitrogen and oxygen atoms in total. The van der Waals surface area contributed by atoms with Gasteiger partial charge < -0.3 is 74.4 Å². The molecular formula is C27H30O16. The fourth-order valence-corrected chi connectivity index (χ4v) is 4.80. The van der Waals surface area contributed by atoms with Crippen molar-refractivity contribution in [2.75, 3.05) is 13.2 Å². The van der Waals surface area contributed by atoms with E-state index in [1.165, 1.54) is 18.2 Å². The topological polar surface area (TPSA) is 269 Å². The lowest BCUT2D eigenvalue weighted by atomic mass is 9.99. The van der Waals surface area contributed by atoms with Crippen molar-refractivity contribution >= 4 is 11.0 Å². The van der Waals surface area contributed by atoms with Crippen molar-refractivity contribution in [2.45, 2.75) is 61.4 Å². The summed E-state index contributed by atoms with van der Waals surface area (Å²) in [7, 11) is 0. The average Bonchev–Trinajstić information content (AvgIpc) is 2.98. The van der Waals surface area contributed by atoms with Crippen molar-refractivity contribution in [1.82, 2.24) is 0 Å². The molecule has 2 aromatic carbocycles. The molecule has 10 N–H and O–H groups in total. The van der Waals surface area contributed by atoms with Gasteiger partial charge in [-0.15, -0.1) is 0 Å².